The molecule has 2 fully saturated rings. The monoisotopic (exact) mass is 225 g/mol. The largest absolute Gasteiger partial charge is 0.388 e. The minimum Gasteiger partial charge on any atom is -0.388 e. The van der Waals surface area contributed by atoms with Gasteiger partial charge in [-0.3, -0.25) is 0 Å². The zero-order chi connectivity index (χ0) is 11.8. The van der Waals surface area contributed by atoms with Crippen LogP contribution in [0.3, 0.4) is 0 Å². The molecule has 1 heterocycles. The van der Waals surface area contributed by atoms with Gasteiger partial charge in [0.2, 0.25) is 0 Å². The molecule has 0 aromatic carbocycles. The maximum atomic E-state index is 10.8. The van der Waals surface area contributed by atoms with Gasteiger partial charge in [0.1, 0.15) is 0 Å². The van der Waals surface area contributed by atoms with E-state index in [2.05, 4.69) is 26.1 Å². The summed E-state index contributed by atoms with van der Waals surface area (Å²) < 4.78 is 0. The fraction of sp³-hybridized carbons (Fsp3) is 1.00. The van der Waals surface area contributed by atoms with E-state index in [1.54, 1.807) is 0 Å². The first-order chi connectivity index (χ1) is 7.45. The molecule has 0 radical (unpaired) electrons. The molecule has 2 aliphatic rings. The predicted octanol–water partition coefficient (Wildman–Crippen LogP) is 2.71. The van der Waals surface area contributed by atoms with Gasteiger partial charge < -0.3 is 10.4 Å². The minimum atomic E-state index is -0.433. The van der Waals surface area contributed by atoms with Gasteiger partial charge in [0.05, 0.1) is 5.60 Å². The summed E-state index contributed by atoms with van der Waals surface area (Å²) in [4.78, 5) is 0. The average Bonchev–Trinajstić information content (AvgIpc) is 2.55. The van der Waals surface area contributed by atoms with Gasteiger partial charge in [-0.2, -0.15) is 0 Å². The highest BCUT2D eigenvalue weighted by Crippen LogP contribution is 2.46. The zero-order valence-corrected chi connectivity index (χ0v) is 11.1. The Balaban J connectivity index is 2.01. The summed E-state index contributed by atoms with van der Waals surface area (Å²) in [5, 5.41) is 14.4. The van der Waals surface area contributed by atoms with Crippen molar-refractivity contribution in [2.24, 2.45) is 11.3 Å². The fourth-order valence-electron chi connectivity index (χ4n) is 3.63. The lowest BCUT2D eigenvalue weighted by molar-refractivity contribution is -0.0166. The van der Waals surface area contributed by atoms with E-state index in [1.165, 1.54) is 25.7 Å². The van der Waals surface area contributed by atoms with Gasteiger partial charge in [0.25, 0.3) is 0 Å². The smallest absolute Gasteiger partial charge is 0.0805 e. The third-order valence-electron chi connectivity index (χ3n) is 4.76. The zero-order valence-electron chi connectivity index (χ0n) is 11.1. The molecule has 0 aromatic rings. The van der Waals surface area contributed by atoms with Crippen molar-refractivity contribution >= 4 is 0 Å². The number of rotatable bonds is 2. The van der Waals surface area contributed by atoms with E-state index in [4.69, 9.17) is 0 Å². The summed E-state index contributed by atoms with van der Waals surface area (Å²) in [6.45, 7) is 7.93. The van der Waals surface area contributed by atoms with Crippen LogP contribution in [0.2, 0.25) is 0 Å². The van der Waals surface area contributed by atoms with Crippen molar-refractivity contribution in [1.82, 2.24) is 5.32 Å². The first-order valence-electron chi connectivity index (χ1n) is 6.91. The van der Waals surface area contributed by atoms with Crippen molar-refractivity contribution in [3.05, 3.63) is 0 Å². The molecule has 1 saturated heterocycles. The molecule has 0 spiro atoms. The van der Waals surface area contributed by atoms with Crippen molar-refractivity contribution < 1.29 is 5.11 Å². The molecule has 3 unspecified atom stereocenters. The van der Waals surface area contributed by atoms with Crippen LogP contribution < -0.4 is 5.32 Å². The summed E-state index contributed by atoms with van der Waals surface area (Å²) >= 11 is 0. The molecule has 2 N–H and O–H groups in total. The van der Waals surface area contributed by atoms with Gasteiger partial charge in [0.15, 0.2) is 0 Å². The summed E-state index contributed by atoms with van der Waals surface area (Å²) in [7, 11) is 0. The van der Waals surface area contributed by atoms with Gasteiger partial charge in [-0.25, -0.2) is 0 Å². The van der Waals surface area contributed by atoms with E-state index in [0.717, 1.165) is 25.3 Å². The number of hydrogen-bond donors (Lipinski definition) is 2. The molecule has 2 rings (SSSR count). The molecule has 0 amide bonds. The van der Waals surface area contributed by atoms with Gasteiger partial charge in [-0.15, -0.1) is 0 Å². The average molecular weight is 225 g/mol. The molecule has 3 atom stereocenters. The molecule has 1 saturated carbocycles. The molecule has 1 aliphatic heterocycles. The van der Waals surface area contributed by atoms with Crippen LogP contribution in [0.4, 0.5) is 0 Å². The molecule has 0 aromatic heterocycles. The van der Waals surface area contributed by atoms with Crippen LogP contribution in [-0.2, 0) is 0 Å². The van der Waals surface area contributed by atoms with Gasteiger partial charge >= 0.3 is 0 Å². The molecule has 2 heteroatoms. The van der Waals surface area contributed by atoms with Crippen LogP contribution in [0.25, 0.3) is 0 Å². The van der Waals surface area contributed by atoms with E-state index in [0.29, 0.717) is 11.5 Å². The Morgan fingerprint density at radius 2 is 2.06 bits per heavy atom. The topological polar surface area (TPSA) is 32.3 Å². The number of nitrogens with one attached hydrogen (secondary N) is 1. The molecule has 0 bridgehead atoms. The van der Waals surface area contributed by atoms with Crippen molar-refractivity contribution in [2.75, 3.05) is 6.54 Å². The summed E-state index contributed by atoms with van der Waals surface area (Å²) in [6, 6.07) is 0.341. The maximum absolute atomic E-state index is 10.8. The Morgan fingerprint density at radius 3 is 2.62 bits per heavy atom. The van der Waals surface area contributed by atoms with E-state index in [9.17, 15) is 5.11 Å². The second-order valence-electron chi connectivity index (χ2n) is 6.75. The normalized spacial score (nSPS) is 43.5. The number of piperidine rings is 1. The van der Waals surface area contributed by atoms with Crippen molar-refractivity contribution in [2.45, 2.75) is 70.9 Å². The standard InChI is InChI=1S/C14H27NO/c1-4-11-5-8-15-12(9-11)14(16)7-6-13(2,3)10-14/h11-12,15-16H,4-10H2,1-3H3. The SMILES string of the molecule is CCC1CCNC(C2(O)CCC(C)(C)C2)C1. The van der Waals surface area contributed by atoms with E-state index < -0.39 is 5.60 Å². The first kappa shape index (κ1) is 12.4. The lowest BCUT2D eigenvalue weighted by Crippen LogP contribution is -2.53. The highest BCUT2D eigenvalue weighted by Gasteiger charge is 2.47. The predicted molar refractivity (Wildman–Crippen MR) is 67.4 cm³/mol. The van der Waals surface area contributed by atoms with Crippen LogP contribution >= 0.6 is 0 Å². The lowest BCUT2D eigenvalue weighted by Gasteiger charge is -2.40. The Labute approximate surface area is 99.8 Å². The highest BCUT2D eigenvalue weighted by molar-refractivity contribution is 5.02. The Kier molecular flexibility index (Phi) is 3.33. The molecule has 2 nitrogen and oxygen atoms in total. The van der Waals surface area contributed by atoms with Crippen LogP contribution in [0.1, 0.15) is 59.3 Å². The van der Waals surface area contributed by atoms with Gasteiger partial charge in [0, 0.05) is 6.04 Å². The fourth-order valence-corrected chi connectivity index (χ4v) is 3.63. The molecule has 1 aliphatic carbocycles. The van der Waals surface area contributed by atoms with Gasteiger partial charge in [-0.05, 0) is 50.0 Å². The van der Waals surface area contributed by atoms with E-state index >= 15 is 0 Å². The van der Waals surface area contributed by atoms with E-state index in [1.807, 2.05) is 0 Å². The Bertz CT molecular complexity index is 251. The molecular formula is C14H27NO. The second kappa shape index (κ2) is 4.30. The summed E-state index contributed by atoms with van der Waals surface area (Å²) in [5.74, 6) is 0.819. The van der Waals surface area contributed by atoms with E-state index in [-0.39, 0.29) is 0 Å². The van der Waals surface area contributed by atoms with Gasteiger partial charge in [-0.1, -0.05) is 27.2 Å². The van der Waals surface area contributed by atoms with Crippen molar-refractivity contribution in [3.8, 4) is 0 Å². The second-order valence-corrected chi connectivity index (χ2v) is 6.75. The third-order valence-corrected chi connectivity index (χ3v) is 4.76. The Hall–Kier alpha value is -0.0800. The highest BCUT2D eigenvalue weighted by atomic mass is 16.3. The van der Waals surface area contributed by atoms with Crippen LogP contribution in [0.5, 0.6) is 0 Å². The number of aliphatic hydroxyl groups is 1. The summed E-state index contributed by atoms with van der Waals surface area (Å²) in [5.41, 5.74) is -0.104. The quantitative estimate of drug-likeness (QED) is 0.757. The first-order valence-corrected chi connectivity index (χ1v) is 6.91. The Morgan fingerprint density at radius 1 is 1.31 bits per heavy atom. The maximum Gasteiger partial charge on any atom is 0.0805 e. The minimum absolute atomic E-state index is 0.329. The molecular weight excluding hydrogens is 198 g/mol. The summed E-state index contributed by atoms with van der Waals surface area (Å²) in [6.07, 6.45) is 6.83. The third kappa shape index (κ3) is 2.43. The lowest BCUT2D eigenvalue weighted by atomic mass is 9.79. The number of hydrogen-bond acceptors (Lipinski definition) is 2. The van der Waals surface area contributed by atoms with Crippen molar-refractivity contribution in [3.63, 3.8) is 0 Å². The van der Waals surface area contributed by atoms with Crippen molar-refractivity contribution in [1.29, 1.82) is 0 Å². The van der Waals surface area contributed by atoms with Crippen LogP contribution in [-0.4, -0.2) is 23.3 Å². The molecule has 16 heavy (non-hydrogen) atoms. The molecule has 94 valence electrons. The van der Waals surface area contributed by atoms with Crippen LogP contribution in [0.15, 0.2) is 0 Å². The van der Waals surface area contributed by atoms with Crippen LogP contribution in [0, 0.1) is 11.3 Å².